The van der Waals surface area contributed by atoms with Gasteiger partial charge in [0.1, 0.15) is 0 Å². The van der Waals surface area contributed by atoms with E-state index in [4.69, 9.17) is 14.6 Å². The van der Waals surface area contributed by atoms with E-state index in [2.05, 4.69) is 61.5 Å². The molecule has 0 aliphatic carbocycles. The fourth-order valence-electron chi connectivity index (χ4n) is 6.63. The number of unbranched alkanes of at least 4 members (excludes halogenated alkanes) is 2. The van der Waals surface area contributed by atoms with Gasteiger partial charge in [-0.2, -0.15) is 0 Å². The Kier molecular flexibility index (Phi) is 12.8. The Balaban J connectivity index is 1.08. The Morgan fingerprint density at radius 1 is 0.784 bits per heavy atom. The van der Waals surface area contributed by atoms with Crippen molar-refractivity contribution in [3.8, 4) is 11.1 Å². The maximum Gasteiger partial charge on any atom is 0.303 e. The lowest BCUT2D eigenvalue weighted by atomic mass is 9.98. The molecule has 2 aliphatic heterocycles. The van der Waals surface area contributed by atoms with E-state index in [-0.39, 0.29) is 31.1 Å². The third-order valence-electron chi connectivity index (χ3n) is 9.51. The molecule has 3 atom stereocenters. The van der Waals surface area contributed by atoms with E-state index in [1.165, 1.54) is 0 Å². The monoisotopic (exact) mass is 693 g/mol. The summed E-state index contributed by atoms with van der Waals surface area (Å²) in [6, 6.07) is 26.2. The van der Waals surface area contributed by atoms with Crippen LogP contribution in [0.5, 0.6) is 0 Å². The van der Waals surface area contributed by atoms with Crippen LogP contribution in [0.1, 0.15) is 73.2 Å². The number of carboxylic acids is 1. The number of aliphatic hydroxyl groups is 1. The van der Waals surface area contributed by atoms with Crippen LogP contribution in [0, 0.1) is 0 Å². The molecule has 1 aromatic heterocycles. The highest BCUT2D eigenvalue weighted by molar-refractivity contribution is 5.76. The number of carbonyl (C=O) groups excluding carboxylic acids is 1. The largest absolute Gasteiger partial charge is 0.481 e. The van der Waals surface area contributed by atoms with Crippen molar-refractivity contribution in [1.29, 1.82) is 0 Å². The molecule has 0 bridgehead atoms. The molecule has 11 nitrogen and oxygen atoms in total. The van der Waals surface area contributed by atoms with Gasteiger partial charge in [-0.15, -0.1) is 0 Å². The van der Waals surface area contributed by atoms with Crippen molar-refractivity contribution >= 4 is 17.8 Å². The van der Waals surface area contributed by atoms with Gasteiger partial charge in [0, 0.05) is 76.5 Å². The molecular weight excluding hydrogens is 646 g/mol. The Bertz CT molecular complexity index is 1700. The summed E-state index contributed by atoms with van der Waals surface area (Å²) in [6.45, 7) is 4.72. The molecule has 6 rings (SSSR count). The molecule has 3 N–H and O–H groups in total. The van der Waals surface area contributed by atoms with Gasteiger partial charge in [-0.1, -0.05) is 73.2 Å². The number of benzene rings is 3. The molecule has 0 saturated carbocycles. The Morgan fingerprint density at radius 3 is 2.24 bits per heavy atom. The van der Waals surface area contributed by atoms with Crippen LogP contribution in [0.25, 0.3) is 11.1 Å². The number of hydrogen-bond donors (Lipinski definition) is 3. The summed E-state index contributed by atoms with van der Waals surface area (Å²) in [4.78, 5) is 36.5. The molecule has 1 amide bonds. The number of anilines is 1. The summed E-state index contributed by atoms with van der Waals surface area (Å²) >= 11 is 0. The predicted molar refractivity (Wildman–Crippen MR) is 194 cm³/mol. The molecule has 11 heteroatoms. The van der Waals surface area contributed by atoms with Gasteiger partial charge in [-0.05, 0) is 52.8 Å². The van der Waals surface area contributed by atoms with E-state index in [1.807, 2.05) is 42.5 Å². The van der Waals surface area contributed by atoms with Crippen LogP contribution in [0.3, 0.4) is 0 Å². The minimum Gasteiger partial charge on any atom is -0.481 e. The summed E-state index contributed by atoms with van der Waals surface area (Å²) in [5, 5.41) is 21.3. The molecule has 2 fully saturated rings. The molecule has 0 unspecified atom stereocenters. The van der Waals surface area contributed by atoms with Gasteiger partial charge >= 0.3 is 5.97 Å². The number of carbonyl (C=O) groups is 2. The zero-order valence-electron chi connectivity index (χ0n) is 28.9. The number of piperazine rings is 1. The van der Waals surface area contributed by atoms with Crippen molar-refractivity contribution in [2.45, 2.75) is 70.2 Å². The number of amides is 1. The Morgan fingerprint density at radius 2 is 1.51 bits per heavy atom. The van der Waals surface area contributed by atoms with E-state index in [1.54, 1.807) is 12.4 Å². The number of ether oxygens (including phenoxy) is 2. The number of aromatic nitrogens is 2. The predicted octanol–water partition coefficient (Wildman–Crippen LogP) is 5.65. The molecule has 0 radical (unpaired) electrons. The number of aliphatic hydroxyl groups excluding tert-OH is 1. The quantitative estimate of drug-likeness (QED) is 0.134. The summed E-state index contributed by atoms with van der Waals surface area (Å²) < 4.78 is 13.2. The summed E-state index contributed by atoms with van der Waals surface area (Å²) in [5.74, 6) is -0.0613. The van der Waals surface area contributed by atoms with Crippen LogP contribution < -0.4 is 10.2 Å². The zero-order valence-corrected chi connectivity index (χ0v) is 28.9. The second-order valence-corrected chi connectivity index (χ2v) is 13.2. The van der Waals surface area contributed by atoms with Crippen LogP contribution in [0.2, 0.25) is 0 Å². The SMILES string of the molecule is O=C(O)CCCCCC(=O)NCc1cccc(-c2ccc([C@H]3O[C@@H](CN4CCN(c5ncccn5)CC4)C[C@@H](c4ccc(CO)cc4)O3)cc2)c1. The normalized spacial score (nSPS) is 19.5. The summed E-state index contributed by atoms with van der Waals surface area (Å²) in [5.41, 5.74) is 5.98. The van der Waals surface area contributed by atoms with Crippen LogP contribution in [0.15, 0.2) is 91.3 Å². The van der Waals surface area contributed by atoms with Crippen LogP contribution >= 0.6 is 0 Å². The first-order chi connectivity index (χ1) is 24.9. The van der Waals surface area contributed by atoms with E-state index >= 15 is 0 Å². The molecule has 3 aromatic carbocycles. The molecule has 2 saturated heterocycles. The van der Waals surface area contributed by atoms with E-state index < -0.39 is 12.3 Å². The lowest BCUT2D eigenvalue weighted by molar-refractivity contribution is -0.253. The molecule has 4 aromatic rings. The van der Waals surface area contributed by atoms with Gasteiger partial charge < -0.3 is 29.9 Å². The summed E-state index contributed by atoms with van der Waals surface area (Å²) in [7, 11) is 0. The second-order valence-electron chi connectivity index (χ2n) is 13.2. The van der Waals surface area contributed by atoms with Crippen molar-refractivity contribution in [2.75, 3.05) is 37.6 Å². The lowest BCUT2D eigenvalue weighted by Gasteiger charge is -2.40. The minimum atomic E-state index is -0.801. The van der Waals surface area contributed by atoms with Gasteiger partial charge in [-0.25, -0.2) is 9.97 Å². The molecule has 2 aliphatic rings. The van der Waals surface area contributed by atoms with Crippen molar-refractivity contribution in [2.24, 2.45) is 0 Å². The van der Waals surface area contributed by atoms with Gasteiger partial charge in [0.15, 0.2) is 6.29 Å². The number of nitrogens with one attached hydrogen (secondary N) is 1. The number of carboxylic acid groups (broad SMARTS) is 1. The van der Waals surface area contributed by atoms with Crippen LogP contribution in [0.4, 0.5) is 5.95 Å². The third kappa shape index (κ3) is 10.4. The maximum absolute atomic E-state index is 12.3. The number of rotatable bonds is 15. The van der Waals surface area contributed by atoms with E-state index in [0.29, 0.717) is 25.8 Å². The third-order valence-corrected chi connectivity index (χ3v) is 9.51. The first-order valence-electron chi connectivity index (χ1n) is 17.9. The van der Waals surface area contributed by atoms with Crippen LogP contribution in [-0.2, 0) is 32.2 Å². The number of nitrogens with zero attached hydrogens (tertiary/aromatic N) is 4. The van der Waals surface area contributed by atoms with E-state index in [0.717, 1.165) is 84.9 Å². The van der Waals surface area contributed by atoms with Crippen LogP contribution in [-0.4, -0.2) is 75.8 Å². The highest BCUT2D eigenvalue weighted by Gasteiger charge is 2.34. The topological polar surface area (TPSA) is 137 Å². The highest BCUT2D eigenvalue weighted by atomic mass is 16.7. The molecule has 268 valence electrons. The van der Waals surface area contributed by atoms with Crippen molar-refractivity contribution in [3.05, 3.63) is 114 Å². The minimum absolute atomic E-state index is 0.00162. The van der Waals surface area contributed by atoms with Gasteiger partial charge in [0.25, 0.3) is 0 Å². The summed E-state index contributed by atoms with van der Waals surface area (Å²) in [6.07, 6.45) is 6.08. The average Bonchev–Trinajstić information content (AvgIpc) is 3.17. The lowest BCUT2D eigenvalue weighted by Crippen LogP contribution is -2.50. The standard InChI is InChI=1S/C40H47N5O6/c46-28-29-10-12-32(13-11-29)36-25-35(27-44-20-22-45(23-21-44)40-41-18-5-19-42-40)50-39(51-36)33-16-14-31(15-17-33)34-7-4-6-30(24-34)26-43-37(47)8-2-1-3-9-38(48)49/h4-7,10-19,24,35-36,39,46H,1-3,8-9,20-23,25-28H2,(H,43,47)(H,48,49)/t35-,36+,39+/m1/s1. The Labute approximate surface area is 299 Å². The molecule has 0 spiro atoms. The average molecular weight is 694 g/mol. The molecule has 3 heterocycles. The maximum atomic E-state index is 12.3. The van der Waals surface area contributed by atoms with Crippen molar-refractivity contribution in [3.63, 3.8) is 0 Å². The fraction of sp³-hybridized carbons (Fsp3) is 0.400. The Hall–Kier alpha value is -4.68. The van der Waals surface area contributed by atoms with Gasteiger partial charge in [0.2, 0.25) is 11.9 Å². The highest BCUT2D eigenvalue weighted by Crippen LogP contribution is 2.39. The molecular formula is C40H47N5O6. The van der Waals surface area contributed by atoms with Crippen molar-refractivity contribution < 1.29 is 29.3 Å². The second kappa shape index (κ2) is 18.0. The smallest absolute Gasteiger partial charge is 0.303 e. The molecule has 51 heavy (non-hydrogen) atoms. The van der Waals surface area contributed by atoms with Crippen molar-refractivity contribution in [1.82, 2.24) is 20.2 Å². The first-order valence-corrected chi connectivity index (χ1v) is 17.9. The zero-order chi connectivity index (χ0) is 35.4. The van der Waals surface area contributed by atoms with Gasteiger partial charge in [-0.3, -0.25) is 14.5 Å². The number of aliphatic carboxylic acids is 1. The fourth-order valence-corrected chi connectivity index (χ4v) is 6.63. The first kappa shape index (κ1) is 36.1. The van der Waals surface area contributed by atoms with E-state index in [9.17, 15) is 14.7 Å². The van der Waals surface area contributed by atoms with Gasteiger partial charge in [0.05, 0.1) is 18.8 Å². The number of hydrogen-bond acceptors (Lipinski definition) is 9.